The molecule has 41 heavy (non-hydrogen) atoms. The molecule has 0 aliphatic carbocycles. The lowest BCUT2D eigenvalue weighted by Crippen LogP contribution is -2.30. The summed E-state index contributed by atoms with van der Waals surface area (Å²) < 4.78 is 10.6. The van der Waals surface area contributed by atoms with E-state index in [-0.39, 0.29) is 17.5 Å². The molecule has 3 aromatic carbocycles. The fraction of sp³-hybridized carbons (Fsp3) is 0.129. The van der Waals surface area contributed by atoms with Crippen molar-refractivity contribution in [3.63, 3.8) is 0 Å². The molecule has 1 aromatic heterocycles. The molecule has 1 atom stereocenters. The summed E-state index contributed by atoms with van der Waals surface area (Å²) in [5.41, 5.74) is 1.64. The van der Waals surface area contributed by atoms with Crippen molar-refractivity contribution in [1.82, 2.24) is 5.32 Å². The molecule has 210 valence electrons. The van der Waals surface area contributed by atoms with E-state index in [4.69, 9.17) is 9.47 Å². The topological polar surface area (TPSA) is 106 Å². The van der Waals surface area contributed by atoms with E-state index in [0.717, 1.165) is 9.77 Å². The molecule has 4 rings (SSSR count). The molecular formula is C31H29N3O5S2. The molecule has 0 aliphatic heterocycles. The predicted octanol–water partition coefficient (Wildman–Crippen LogP) is 6.29. The first-order chi connectivity index (χ1) is 19.9. The van der Waals surface area contributed by atoms with Gasteiger partial charge in [-0.3, -0.25) is 14.4 Å². The first-order valence-electron chi connectivity index (χ1n) is 12.6. The third kappa shape index (κ3) is 8.23. The quantitative estimate of drug-likeness (QED) is 0.141. The number of carbonyl (C=O) groups excluding carboxylic acids is 3. The van der Waals surface area contributed by atoms with E-state index >= 15 is 0 Å². The van der Waals surface area contributed by atoms with Crippen LogP contribution in [0.1, 0.15) is 22.2 Å². The average Bonchev–Trinajstić information content (AvgIpc) is 3.51. The van der Waals surface area contributed by atoms with Gasteiger partial charge in [0.25, 0.3) is 11.8 Å². The van der Waals surface area contributed by atoms with Gasteiger partial charge in [-0.25, -0.2) is 0 Å². The van der Waals surface area contributed by atoms with Gasteiger partial charge in [0.05, 0.1) is 25.2 Å². The molecule has 0 aliphatic rings. The highest BCUT2D eigenvalue weighted by molar-refractivity contribution is 8.00. The Morgan fingerprint density at radius 3 is 2.29 bits per heavy atom. The van der Waals surface area contributed by atoms with Gasteiger partial charge in [-0.1, -0.05) is 24.3 Å². The highest BCUT2D eigenvalue weighted by atomic mass is 32.2. The van der Waals surface area contributed by atoms with Gasteiger partial charge in [0.1, 0.15) is 17.2 Å². The van der Waals surface area contributed by atoms with E-state index < -0.39 is 11.2 Å². The largest absolute Gasteiger partial charge is 0.497 e. The number of methoxy groups -OCH3 is 2. The molecule has 1 heterocycles. The standard InChI is InChI=1S/C31H29N3O5S2/c1-20(29(35)33-26-18-23(38-2)13-16-28(26)39-3)41-24-14-11-22(12-15-24)32-31(37)27(19-25-10-7-17-40-25)34-30(36)21-8-5-4-6-9-21/h4-20H,1-3H3,(H,32,37)(H,33,35)(H,34,36)/b27-19-. The number of carbonyl (C=O) groups is 3. The Labute approximate surface area is 246 Å². The molecule has 0 radical (unpaired) electrons. The number of ether oxygens (including phenoxy) is 2. The van der Waals surface area contributed by atoms with E-state index in [2.05, 4.69) is 16.0 Å². The second-order valence-corrected chi connectivity index (χ2v) is 11.1. The lowest BCUT2D eigenvalue weighted by atomic mass is 10.2. The van der Waals surface area contributed by atoms with Crippen molar-refractivity contribution >= 4 is 58.3 Å². The van der Waals surface area contributed by atoms with Crippen LogP contribution in [0.15, 0.2) is 101 Å². The minimum atomic E-state index is -0.455. The summed E-state index contributed by atoms with van der Waals surface area (Å²) in [6, 6.07) is 24.8. The zero-order valence-corrected chi connectivity index (χ0v) is 24.3. The number of benzene rings is 3. The third-order valence-corrected chi connectivity index (χ3v) is 7.75. The van der Waals surface area contributed by atoms with E-state index in [1.54, 1.807) is 74.7 Å². The summed E-state index contributed by atoms with van der Waals surface area (Å²) in [6.45, 7) is 1.80. The summed E-state index contributed by atoms with van der Waals surface area (Å²) >= 11 is 2.83. The maximum atomic E-state index is 13.2. The fourth-order valence-corrected chi connectivity index (χ4v) is 5.20. The van der Waals surface area contributed by atoms with Crippen molar-refractivity contribution in [2.24, 2.45) is 0 Å². The smallest absolute Gasteiger partial charge is 0.272 e. The maximum absolute atomic E-state index is 13.2. The van der Waals surface area contributed by atoms with Gasteiger partial charge in [0.15, 0.2) is 0 Å². The Hall–Kier alpha value is -4.54. The highest BCUT2D eigenvalue weighted by Crippen LogP contribution is 2.31. The summed E-state index contributed by atoms with van der Waals surface area (Å²) in [4.78, 5) is 40.4. The minimum Gasteiger partial charge on any atom is -0.497 e. The van der Waals surface area contributed by atoms with Crippen LogP contribution in [0, 0.1) is 0 Å². The van der Waals surface area contributed by atoms with Crippen LogP contribution in [0.2, 0.25) is 0 Å². The van der Waals surface area contributed by atoms with E-state index in [0.29, 0.717) is 28.4 Å². The highest BCUT2D eigenvalue weighted by Gasteiger charge is 2.18. The molecule has 0 spiro atoms. The Morgan fingerprint density at radius 2 is 1.63 bits per heavy atom. The molecule has 4 aromatic rings. The van der Waals surface area contributed by atoms with Crippen LogP contribution in [0.25, 0.3) is 6.08 Å². The van der Waals surface area contributed by atoms with Crippen LogP contribution in [-0.2, 0) is 9.59 Å². The van der Waals surface area contributed by atoms with Crippen LogP contribution in [-0.4, -0.2) is 37.2 Å². The molecule has 0 saturated heterocycles. The SMILES string of the molecule is COc1ccc(OC)c(NC(=O)C(C)Sc2ccc(NC(=O)/C(=C/c3cccs3)NC(=O)c3ccccc3)cc2)c1. The number of hydrogen-bond donors (Lipinski definition) is 3. The van der Waals surface area contributed by atoms with Crippen LogP contribution in [0.5, 0.6) is 11.5 Å². The molecule has 0 fully saturated rings. The van der Waals surface area contributed by atoms with Crippen molar-refractivity contribution in [3.8, 4) is 11.5 Å². The molecule has 10 heteroatoms. The monoisotopic (exact) mass is 587 g/mol. The number of anilines is 2. The van der Waals surface area contributed by atoms with Crippen LogP contribution < -0.4 is 25.4 Å². The third-order valence-electron chi connectivity index (χ3n) is 5.82. The molecule has 0 bridgehead atoms. The van der Waals surface area contributed by atoms with Gasteiger partial charge in [-0.05, 0) is 73.0 Å². The second-order valence-electron chi connectivity index (χ2n) is 8.69. The number of nitrogens with one attached hydrogen (secondary N) is 3. The molecule has 1 unspecified atom stereocenters. The van der Waals surface area contributed by atoms with Crippen molar-refractivity contribution < 1.29 is 23.9 Å². The Kier molecular flexibility index (Phi) is 10.2. The van der Waals surface area contributed by atoms with Crippen molar-refractivity contribution in [1.29, 1.82) is 0 Å². The van der Waals surface area contributed by atoms with E-state index in [1.807, 2.05) is 35.7 Å². The summed E-state index contributed by atoms with van der Waals surface area (Å²) in [5.74, 6) is 0.101. The number of rotatable bonds is 11. The van der Waals surface area contributed by atoms with Crippen molar-refractivity contribution in [2.75, 3.05) is 24.9 Å². The van der Waals surface area contributed by atoms with Gasteiger partial charge >= 0.3 is 0 Å². The summed E-state index contributed by atoms with van der Waals surface area (Å²) in [5, 5.41) is 9.93. The molecule has 3 amide bonds. The number of thiophene rings is 1. The van der Waals surface area contributed by atoms with Crippen LogP contribution in [0.4, 0.5) is 11.4 Å². The Morgan fingerprint density at radius 1 is 0.878 bits per heavy atom. The second kappa shape index (κ2) is 14.2. The number of thioether (sulfide) groups is 1. The van der Waals surface area contributed by atoms with Gasteiger partial charge in [-0.15, -0.1) is 23.1 Å². The van der Waals surface area contributed by atoms with Crippen LogP contribution in [0.3, 0.4) is 0 Å². The summed E-state index contributed by atoms with van der Waals surface area (Å²) in [6.07, 6.45) is 1.64. The van der Waals surface area contributed by atoms with Crippen molar-refractivity contribution in [2.45, 2.75) is 17.1 Å². The Balaban J connectivity index is 1.40. The average molecular weight is 588 g/mol. The van der Waals surface area contributed by atoms with Gasteiger partial charge in [0, 0.05) is 27.1 Å². The van der Waals surface area contributed by atoms with E-state index in [9.17, 15) is 14.4 Å². The van der Waals surface area contributed by atoms with Crippen molar-refractivity contribution in [3.05, 3.63) is 106 Å². The maximum Gasteiger partial charge on any atom is 0.272 e. The number of hydrogen-bond acceptors (Lipinski definition) is 7. The lowest BCUT2D eigenvalue weighted by Gasteiger charge is -2.15. The fourth-order valence-electron chi connectivity index (χ4n) is 3.68. The Bertz CT molecular complexity index is 1520. The summed E-state index contributed by atoms with van der Waals surface area (Å²) in [7, 11) is 3.09. The first kappa shape index (κ1) is 29.4. The normalized spacial score (nSPS) is 11.7. The van der Waals surface area contributed by atoms with Gasteiger partial charge in [0.2, 0.25) is 5.91 Å². The molecule has 3 N–H and O–H groups in total. The number of amides is 3. The molecular weight excluding hydrogens is 558 g/mol. The van der Waals surface area contributed by atoms with E-state index in [1.165, 1.54) is 30.2 Å². The minimum absolute atomic E-state index is 0.123. The zero-order chi connectivity index (χ0) is 29.2. The molecule has 0 saturated carbocycles. The van der Waals surface area contributed by atoms with Gasteiger partial charge < -0.3 is 25.4 Å². The first-order valence-corrected chi connectivity index (χ1v) is 14.3. The predicted molar refractivity (Wildman–Crippen MR) is 165 cm³/mol. The van der Waals surface area contributed by atoms with Gasteiger partial charge in [-0.2, -0.15) is 0 Å². The molecule has 8 nitrogen and oxygen atoms in total. The lowest BCUT2D eigenvalue weighted by molar-refractivity contribution is -0.115. The van der Waals surface area contributed by atoms with Crippen LogP contribution >= 0.6 is 23.1 Å². The zero-order valence-electron chi connectivity index (χ0n) is 22.7.